The first-order valence-electron chi connectivity index (χ1n) is 7.67. The smallest absolute Gasteiger partial charge is 0.246 e. The molecule has 1 amide bonds. The molecule has 0 aliphatic carbocycles. The van der Waals surface area contributed by atoms with Crippen molar-refractivity contribution < 1.29 is 13.2 Å². The molecule has 8 nitrogen and oxygen atoms in total. The Bertz CT molecular complexity index is 840. The van der Waals surface area contributed by atoms with Crippen molar-refractivity contribution in [2.24, 2.45) is 0 Å². The number of hydrogen-bond acceptors (Lipinski definition) is 6. The Morgan fingerprint density at radius 3 is 2.36 bits per heavy atom. The normalized spacial score (nSPS) is 20.4. The van der Waals surface area contributed by atoms with Gasteiger partial charge in [-0.05, 0) is 31.2 Å². The van der Waals surface area contributed by atoms with Crippen LogP contribution in [-0.2, 0) is 14.8 Å². The number of anilines is 1. The van der Waals surface area contributed by atoms with Crippen LogP contribution in [-0.4, -0.2) is 26.5 Å². The van der Waals surface area contributed by atoms with Gasteiger partial charge in [-0.2, -0.15) is 10.3 Å². The summed E-state index contributed by atoms with van der Waals surface area (Å²) in [6, 6.07) is 14.5. The van der Waals surface area contributed by atoms with Crippen LogP contribution in [0.15, 0.2) is 59.5 Å². The Hall–Kier alpha value is -2.30. The lowest BCUT2D eigenvalue weighted by Crippen LogP contribution is -2.53. The second kappa shape index (κ2) is 7.30. The second-order valence-electron chi connectivity index (χ2n) is 5.66. The summed E-state index contributed by atoms with van der Waals surface area (Å²) >= 11 is 0. The van der Waals surface area contributed by atoms with Crippen molar-refractivity contribution in [2.45, 2.75) is 24.0 Å². The van der Waals surface area contributed by atoms with Gasteiger partial charge in [0.15, 0.2) is 0 Å². The second-order valence-corrected chi connectivity index (χ2v) is 7.37. The van der Waals surface area contributed by atoms with Crippen LogP contribution in [0.3, 0.4) is 0 Å². The van der Waals surface area contributed by atoms with Gasteiger partial charge in [-0.25, -0.2) is 19.3 Å². The summed E-state index contributed by atoms with van der Waals surface area (Å²) in [7, 11) is -3.76. The number of aryl methyl sites for hydroxylation is 1. The molecule has 1 aliphatic rings. The highest BCUT2D eigenvalue weighted by molar-refractivity contribution is 7.89. The maximum absolute atomic E-state index is 12.4. The third-order valence-corrected chi connectivity index (χ3v) is 5.18. The molecular weight excluding hydrogens is 342 g/mol. The van der Waals surface area contributed by atoms with E-state index >= 15 is 0 Å². The highest BCUT2D eigenvalue weighted by atomic mass is 32.2. The van der Waals surface area contributed by atoms with Crippen LogP contribution in [0.2, 0.25) is 0 Å². The standard InChI is InChI=1S/C16H19N5O3S/c1-11-7-9-12(10-8-11)17-16(22)14-15(19-21-18-14)20-25(23,24)13-5-3-2-4-6-13/h2-10,14-15,18-21H,1H3,(H,17,22). The Kier molecular flexibility index (Phi) is 5.11. The summed E-state index contributed by atoms with van der Waals surface area (Å²) in [5, 5.41) is 2.75. The summed E-state index contributed by atoms with van der Waals surface area (Å²) in [6.07, 6.45) is -0.851. The molecular formula is C16H19N5O3S. The zero-order chi connectivity index (χ0) is 17.9. The topological polar surface area (TPSA) is 111 Å². The van der Waals surface area contributed by atoms with E-state index in [1.54, 1.807) is 30.3 Å². The molecule has 0 radical (unpaired) electrons. The average molecular weight is 361 g/mol. The zero-order valence-corrected chi connectivity index (χ0v) is 14.3. The first-order valence-corrected chi connectivity index (χ1v) is 9.15. The molecule has 1 fully saturated rings. The van der Waals surface area contributed by atoms with E-state index in [0.717, 1.165) is 5.56 Å². The summed E-state index contributed by atoms with van der Waals surface area (Å²) in [5.41, 5.74) is 9.70. The fourth-order valence-electron chi connectivity index (χ4n) is 2.37. The molecule has 1 heterocycles. The van der Waals surface area contributed by atoms with Crippen molar-refractivity contribution in [3.63, 3.8) is 0 Å². The van der Waals surface area contributed by atoms with Gasteiger partial charge in [0.2, 0.25) is 15.9 Å². The van der Waals surface area contributed by atoms with Crippen LogP contribution >= 0.6 is 0 Å². The highest BCUT2D eigenvalue weighted by Gasteiger charge is 2.35. The third kappa shape index (κ3) is 4.21. The first-order chi connectivity index (χ1) is 12.0. The molecule has 2 unspecified atom stereocenters. The van der Waals surface area contributed by atoms with Crippen LogP contribution in [0.4, 0.5) is 5.69 Å². The van der Waals surface area contributed by atoms with Crippen molar-refractivity contribution in [1.82, 2.24) is 21.1 Å². The molecule has 0 saturated carbocycles. The highest BCUT2D eigenvalue weighted by Crippen LogP contribution is 2.12. The lowest BCUT2D eigenvalue weighted by molar-refractivity contribution is -0.118. The Labute approximate surface area is 146 Å². The monoisotopic (exact) mass is 361 g/mol. The minimum absolute atomic E-state index is 0.126. The summed E-state index contributed by atoms with van der Waals surface area (Å²) in [5.74, 6) is -0.373. The van der Waals surface area contributed by atoms with Crippen molar-refractivity contribution in [3.05, 3.63) is 60.2 Å². The maximum Gasteiger partial charge on any atom is 0.246 e. The molecule has 1 aliphatic heterocycles. The van der Waals surface area contributed by atoms with E-state index in [-0.39, 0.29) is 10.8 Å². The van der Waals surface area contributed by atoms with Crippen LogP contribution < -0.4 is 26.4 Å². The van der Waals surface area contributed by atoms with Crippen LogP contribution in [0.1, 0.15) is 5.56 Å². The first kappa shape index (κ1) is 17.5. The lowest BCUT2D eigenvalue weighted by atomic mass is 10.2. The van der Waals surface area contributed by atoms with Gasteiger partial charge in [-0.15, -0.1) is 0 Å². The van der Waals surface area contributed by atoms with E-state index in [4.69, 9.17) is 0 Å². The Morgan fingerprint density at radius 1 is 1.00 bits per heavy atom. The summed E-state index contributed by atoms with van der Waals surface area (Å²) in [4.78, 5) is 12.6. The molecule has 2 aromatic rings. The molecule has 2 aromatic carbocycles. The van der Waals surface area contributed by atoms with Crippen LogP contribution in [0.25, 0.3) is 0 Å². The zero-order valence-electron chi connectivity index (χ0n) is 13.5. The van der Waals surface area contributed by atoms with Gasteiger partial charge < -0.3 is 5.32 Å². The minimum Gasteiger partial charge on any atom is -0.325 e. The minimum atomic E-state index is -3.76. The SMILES string of the molecule is Cc1ccc(NC(=O)C2NNNC2NS(=O)(=O)c2ccccc2)cc1. The van der Waals surface area contributed by atoms with Gasteiger partial charge >= 0.3 is 0 Å². The van der Waals surface area contributed by atoms with Gasteiger partial charge in [0.1, 0.15) is 12.2 Å². The molecule has 2 atom stereocenters. The van der Waals surface area contributed by atoms with Gasteiger partial charge in [-0.1, -0.05) is 35.9 Å². The number of sulfonamides is 1. The molecule has 0 spiro atoms. The van der Waals surface area contributed by atoms with Crippen molar-refractivity contribution in [2.75, 3.05) is 5.32 Å². The van der Waals surface area contributed by atoms with Crippen molar-refractivity contribution in [1.29, 1.82) is 0 Å². The van der Waals surface area contributed by atoms with Gasteiger partial charge in [0, 0.05) is 5.69 Å². The predicted octanol–water partition coefficient (Wildman–Crippen LogP) is 0.219. The van der Waals surface area contributed by atoms with Gasteiger partial charge in [0.25, 0.3) is 0 Å². The van der Waals surface area contributed by atoms with Gasteiger partial charge in [-0.3, -0.25) is 4.79 Å². The molecule has 3 rings (SSSR count). The Morgan fingerprint density at radius 2 is 1.68 bits per heavy atom. The van der Waals surface area contributed by atoms with E-state index in [1.807, 2.05) is 19.1 Å². The molecule has 5 N–H and O–H groups in total. The van der Waals surface area contributed by atoms with E-state index in [9.17, 15) is 13.2 Å². The number of carbonyl (C=O) groups excluding carboxylic acids is 1. The summed E-state index contributed by atoms with van der Waals surface area (Å²) < 4.78 is 27.3. The van der Waals surface area contributed by atoms with E-state index in [0.29, 0.717) is 5.69 Å². The molecule has 1 saturated heterocycles. The van der Waals surface area contributed by atoms with Crippen LogP contribution in [0, 0.1) is 6.92 Å². The lowest BCUT2D eigenvalue weighted by Gasteiger charge is -2.19. The van der Waals surface area contributed by atoms with E-state index in [2.05, 4.69) is 26.4 Å². The van der Waals surface area contributed by atoms with E-state index in [1.165, 1.54) is 12.1 Å². The fourth-order valence-corrected chi connectivity index (χ4v) is 3.55. The number of carbonyl (C=O) groups is 1. The molecule has 132 valence electrons. The number of benzene rings is 2. The van der Waals surface area contributed by atoms with Crippen molar-refractivity contribution in [3.8, 4) is 0 Å². The van der Waals surface area contributed by atoms with E-state index < -0.39 is 22.2 Å². The summed E-state index contributed by atoms with van der Waals surface area (Å²) in [6.45, 7) is 1.95. The fraction of sp³-hybridized carbons (Fsp3) is 0.188. The Balaban J connectivity index is 1.70. The van der Waals surface area contributed by atoms with Gasteiger partial charge in [0.05, 0.1) is 4.90 Å². The number of hydrogen-bond donors (Lipinski definition) is 5. The largest absolute Gasteiger partial charge is 0.325 e. The quantitative estimate of drug-likeness (QED) is 0.521. The molecule has 9 heteroatoms. The molecule has 25 heavy (non-hydrogen) atoms. The predicted molar refractivity (Wildman–Crippen MR) is 93.6 cm³/mol. The number of nitrogens with one attached hydrogen (secondary N) is 5. The maximum atomic E-state index is 12.4. The number of rotatable bonds is 5. The third-order valence-electron chi connectivity index (χ3n) is 3.73. The number of amides is 1. The molecule has 0 aromatic heterocycles. The van der Waals surface area contributed by atoms with Crippen LogP contribution in [0.5, 0.6) is 0 Å². The molecule has 0 bridgehead atoms. The van der Waals surface area contributed by atoms with Crippen molar-refractivity contribution >= 4 is 21.6 Å². The number of hydrazine groups is 2. The average Bonchev–Trinajstić information content (AvgIpc) is 3.05.